The van der Waals surface area contributed by atoms with E-state index in [9.17, 15) is 18.0 Å². The molecule has 4 rings (SSSR count). The average Bonchev–Trinajstić information content (AvgIpc) is 3.14. The van der Waals surface area contributed by atoms with Crippen LogP contribution in [0.3, 0.4) is 0 Å². The summed E-state index contributed by atoms with van der Waals surface area (Å²) in [6, 6.07) is 16.0. The lowest BCUT2D eigenvalue weighted by Gasteiger charge is -2.10. The van der Waals surface area contributed by atoms with E-state index in [1.54, 1.807) is 37.4 Å². The highest BCUT2D eigenvalue weighted by atomic mass is 32.2. The predicted molar refractivity (Wildman–Crippen MR) is 120 cm³/mol. The van der Waals surface area contributed by atoms with Gasteiger partial charge < -0.3 is 9.30 Å². The van der Waals surface area contributed by atoms with Crippen molar-refractivity contribution in [2.75, 3.05) is 6.61 Å². The van der Waals surface area contributed by atoms with E-state index in [2.05, 4.69) is 9.97 Å². The van der Waals surface area contributed by atoms with E-state index in [0.29, 0.717) is 34.1 Å². The molecule has 0 bridgehead atoms. The quantitative estimate of drug-likeness (QED) is 0.246. The molecule has 33 heavy (non-hydrogen) atoms. The van der Waals surface area contributed by atoms with E-state index < -0.39 is 17.7 Å². The fraction of sp³-hybridized carbons (Fsp3) is 0.208. The van der Waals surface area contributed by atoms with Crippen molar-refractivity contribution in [2.45, 2.75) is 30.6 Å². The van der Waals surface area contributed by atoms with Gasteiger partial charge in [0.05, 0.1) is 41.0 Å². The Morgan fingerprint density at radius 3 is 2.67 bits per heavy atom. The minimum atomic E-state index is -4.39. The Hall–Kier alpha value is -3.33. The number of fused-ring (bicyclic) bond motifs is 1. The van der Waals surface area contributed by atoms with Crippen LogP contribution in [0.5, 0.6) is 0 Å². The summed E-state index contributed by atoms with van der Waals surface area (Å²) in [6.45, 7) is 2.44. The number of esters is 1. The number of carbonyl (C=O) groups excluding carboxylic acids is 1. The van der Waals surface area contributed by atoms with Gasteiger partial charge in [-0.15, -0.1) is 0 Å². The van der Waals surface area contributed by atoms with Gasteiger partial charge in [-0.2, -0.15) is 13.2 Å². The summed E-state index contributed by atoms with van der Waals surface area (Å²) in [7, 11) is 0. The second-order valence-electron chi connectivity index (χ2n) is 7.21. The van der Waals surface area contributed by atoms with Gasteiger partial charge in [0, 0.05) is 11.9 Å². The van der Waals surface area contributed by atoms with Gasteiger partial charge in [-0.05, 0) is 48.9 Å². The van der Waals surface area contributed by atoms with Crippen molar-refractivity contribution >= 4 is 28.8 Å². The predicted octanol–water partition coefficient (Wildman–Crippen LogP) is 5.97. The molecule has 0 atom stereocenters. The second kappa shape index (κ2) is 9.66. The van der Waals surface area contributed by atoms with E-state index in [0.717, 1.165) is 23.3 Å². The third kappa shape index (κ3) is 5.36. The lowest BCUT2D eigenvalue weighted by Crippen LogP contribution is -2.06. The van der Waals surface area contributed by atoms with Crippen LogP contribution in [0.1, 0.15) is 34.1 Å². The van der Waals surface area contributed by atoms with E-state index in [-0.39, 0.29) is 6.61 Å². The SMILES string of the molecule is CCOC(=O)c1ccc2c(c1)nc(SCc1cccc(C(F)(F)F)c1)n2Cc1ccccn1. The first-order valence-corrected chi connectivity index (χ1v) is 11.2. The van der Waals surface area contributed by atoms with E-state index in [1.165, 1.54) is 17.8 Å². The number of thioether (sulfide) groups is 1. The van der Waals surface area contributed by atoms with Gasteiger partial charge >= 0.3 is 12.1 Å². The molecule has 5 nitrogen and oxygen atoms in total. The number of halogens is 3. The van der Waals surface area contributed by atoms with Gasteiger partial charge in [-0.25, -0.2) is 9.78 Å². The molecule has 170 valence electrons. The van der Waals surface area contributed by atoms with Gasteiger partial charge in [0.2, 0.25) is 0 Å². The number of hydrogen-bond acceptors (Lipinski definition) is 5. The molecule has 0 unspecified atom stereocenters. The molecule has 0 fully saturated rings. The van der Waals surface area contributed by atoms with Crippen molar-refractivity contribution in [1.29, 1.82) is 0 Å². The normalized spacial score (nSPS) is 11.6. The van der Waals surface area contributed by atoms with Crippen LogP contribution in [0.25, 0.3) is 11.0 Å². The number of hydrogen-bond donors (Lipinski definition) is 0. The molecule has 0 aliphatic carbocycles. The maximum Gasteiger partial charge on any atom is 0.416 e. The monoisotopic (exact) mass is 471 g/mol. The van der Waals surface area contributed by atoms with Gasteiger partial charge in [-0.3, -0.25) is 4.98 Å². The Morgan fingerprint density at radius 2 is 1.94 bits per heavy atom. The van der Waals surface area contributed by atoms with Crippen molar-refractivity contribution in [3.05, 3.63) is 89.2 Å². The second-order valence-corrected chi connectivity index (χ2v) is 8.15. The number of pyridine rings is 1. The topological polar surface area (TPSA) is 57.0 Å². The maximum absolute atomic E-state index is 13.1. The molecule has 0 N–H and O–H groups in total. The highest BCUT2D eigenvalue weighted by Gasteiger charge is 2.30. The van der Waals surface area contributed by atoms with E-state index >= 15 is 0 Å². The zero-order valence-electron chi connectivity index (χ0n) is 17.7. The number of imidazole rings is 1. The van der Waals surface area contributed by atoms with Crippen LogP contribution < -0.4 is 0 Å². The largest absolute Gasteiger partial charge is 0.462 e. The molecule has 0 amide bonds. The van der Waals surface area contributed by atoms with Crippen LogP contribution in [-0.4, -0.2) is 27.1 Å². The molecule has 4 aromatic rings. The standard InChI is InChI=1S/C24H20F3N3O2S/c1-2-32-22(31)17-9-10-21-20(13-17)29-23(30(21)14-19-8-3-4-11-28-19)33-15-16-6-5-7-18(12-16)24(25,26)27/h3-13H,2,14-15H2,1H3. The first-order chi connectivity index (χ1) is 15.8. The minimum Gasteiger partial charge on any atom is -0.462 e. The fourth-order valence-electron chi connectivity index (χ4n) is 3.35. The van der Waals surface area contributed by atoms with Gasteiger partial charge in [0.15, 0.2) is 5.16 Å². The number of rotatable bonds is 7. The number of benzene rings is 2. The molecule has 0 aliphatic rings. The molecule has 0 aliphatic heterocycles. The van der Waals surface area contributed by atoms with Crippen molar-refractivity contribution in [3.63, 3.8) is 0 Å². The molecule has 2 aromatic carbocycles. The highest BCUT2D eigenvalue weighted by molar-refractivity contribution is 7.98. The number of ether oxygens (including phenoxy) is 1. The van der Waals surface area contributed by atoms with Crippen LogP contribution in [0.2, 0.25) is 0 Å². The number of aromatic nitrogens is 3. The minimum absolute atomic E-state index is 0.267. The lowest BCUT2D eigenvalue weighted by atomic mass is 10.1. The van der Waals surface area contributed by atoms with Crippen LogP contribution in [0.4, 0.5) is 13.2 Å². The molecular formula is C24H20F3N3O2S. The Balaban J connectivity index is 1.68. The Morgan fingerprint density at radius 1 is 1.09 bits per heavy atom. The number of carbonyl (C=O) groups is 1. The van der Waals surface area contributed by atoms with E-state index in [4.69, 9.17) is 4.74 Å². The summed E-state index contributed by atoms with van der Waals surface area (Å²) >= 11 is 1.33. The van der Waals surface area contributed by atoms with Crippen molar-refractivity contribution < 1.29 is 22.7 Å². The summed E-state index contributed by atoms with van der Waals surface area (Å²) < 4.78 is 46.2. The summed E-state index contributed by atoms with van der Waals surface area (Å²) in [6.07, 6.45) is -2.70. The van der Waals surface area contributed by atoms with Crippen LogP contribution >= 0.6 is 11.8 Å². The molecule has 9 heteroatoms. The Kier molecular flexibility index (Phi) is 6.69. The molecule has 0 radical (unpaired) electrons. The zero-order chi connectivity index (χ0) is 23.4. The van der Waals surface area contributed by atoms with Crippen molar-refractivity contribution in [1.82, 2.24) is 14.5 Å². The smallest absolute Gasteiger partial charge is 0.416 e. The molecule has 2 aromatic heterocycles. The van der Waals surface area contributed by atoms with Gasteiger partial charge in [0.1, 0.15) is 0 Å². The Labute approximate surface area is 192 Å². The molecular weight excluding hydrogens is 451 g/mol. The molecule has 0 saturated heterocycles. The maximum atomic E-state index is 13.1. The van der Waals surface area contributed by atoms with Crippen molar-refractivity contribution in [2.24, 2.45) is 0 Å². The summed E-state index contributed by atoms with van der Waals surface area (Å²) in [5, 5.41) is 0.620. The van der Waals surface area contributed by atoms with Gasteiger partial charge in [0.25, 0.3) is 0 Å². The first kappa shape index (κ1) is 22.8. The number of nitrogens with zero attached hydrogens (tertiary/aromatic N) is 3. The molecule has 2 heterocycles. The Bertz CT molecular complexity index is 1270. The zero-order valence-corrected chi connectivity index (χ0v) is 18.5. The van der Waals surface area contributed by atoms with Crippen molar-refractivity contribution in [3.8, 4) is 0 Å². The molecule has 0 saturated carbocycles. The van der Waals surface area contributed by atoms with Gasteiger partial charge in [-0.1, -0.05) is 36.0 Å². The fourth-order valence-corrected chi connectivity index (χ4v) is 4.31. The van der Waals surface area contributed by atoms with Crippen LogP contribution in [0, 0.1) is 0 Å². The average molecular weight is 472 g/mol. The summed E-state index contributed by atoms with van der Waals surface area (Å²) in [5.74, 6) is -0.128. The van der Waals surface area contributed by atoms with Crippen LogP contribution in [-0.2, 0) is 23.2 Å². The van der Waals surface area contributed by atoms with Crippen LogP contribution in [0.15, 0.2) is 72.0 Å². The highest BCUT2D eigenvalue weighted by Crippen LogP contribution is 2.32. The molecule has 0 spiro atoms. The number of alkyl halides is 3. The third-order valence-corrected chi connectivity index (χ3v) is 5.94. The summed E-state index contributed by atoms with van der Waals surface area (Å²) in [5.41, 5.74) is 2.46. The lowest BCUT2D eigenvalue weighted by molar-refractivity contribution is -0.137. The third-order valence-electron chi connectivity index (χ3n) is 4.89. The van der Waals surface area contributed by atoms with E-state index in [1.807, 2.05) is 22.8 Å². The summed E-state index contributed by atoms with van der Waals surface area (Å²) in [4.78, 5) is 21.2. The first-order valence-electron chi connectivity index (χ1n) is 10.2.